The molecule has 3 nitrogen and oxygen atoms in total. The predicted molar refractivity (Wildman–Crippen MR) is 76.2 cm³/mol. The molecular weight excluding hydrogens is 240 g/mol. The number of hydrogen-bond acceptors (Lipinski definition) is 3. The molecule has 3 rings (SSSR count). The van der Waals surface area contributed by atoms with E-state index in [0.29, 0.717) is 0 Å². The first-order chi connectivity index (χ1) is 9.22. The van der Waals surface area contributed by atoms with Gasteiger partial charge in [-0.05, 0) is 40.4 Å². The number of ether oxygens (including phenoxy) is 2. The molecule has 19 heavy (non-hydrogen) atoms. The number of benzene rings is 3. The zero-order chi connectivity index (χ0) is 13.4. The van der Waals surface area contributed by atoms with E-state index in [1.165, 1.54) is 0 Å². The van der Waals surface area contributed by atoms with Crippen LogP contribution in [0.5, 0.6) is 17.2 Å². The van der Waals surface area contributed by atoms with Gasteiger partial charge in [-0.25, -0.2) is 0 Å². The van der Waals surface area contributed by atoms with Crippen molar-refractivity contribution in [3.63, 3.8) is 0 Å². The van der Waals surface area contributed by atoms with Crippen molar-refractivity contribution in [1.29, 1.82) is 0 Å². The van der Waals surface area contributed by atoms with Crippen LogP contribution in [0.2, 0.25) is 0 Å². The highest BCUT2D eigenvalue weighted by Gasteiger charge is 2.09. The van der Waals surface area contributed by atoms with Crippen LogP contribution < -0.4 is 9.47 Å². The number of rotatable bonds is 2. The third kappa shape index (κ3) is 1.83. The van der Waals surface area contributed by atoms with Crippen molar-refractivity contribution in [2.24, 2.45) is 0 Å². The molecule has 3 aromatic rings. The zero-order valence-electron chi connectivity index (χ0n) is 10.8. The van der Waals surface area contributed by atoms with Crippen LogP contribution in [0.25, 0.3) is 21.5 Å². The van der Waals surface area contributed by atoms with Crippen LogP contribution >= 0.6 is 0 Å². The smallest absolute Gasteiger partial charge is 0.131 e. The Bertz CT molecular complexity index is 763. The molecule has 3 heteroatoms. The molecule has 0 saturated carbocycles. The molecule has 0 radical (unpaired) electrons. The van der Waals surface area contributed by atoms with Gasteiger partial charge in [0.25, 0.3) is 0 Å². The van der Waals surface area contributed by atoms with E-state index < -0.39 is 0 Å². The van der Waals surface area contributed by atoms with Crippen molar-refractivity contribution >= 4 is 21.5 Å². The second-order valence-electron chi connectivity index (χ2n) is 4.40. The Morgan fingerprint density at radius 1 is 0.842 bits per heavy atom. The topological polar surface area (TPSA) is 38.7 Å². The Labute approximate surface area is 111 Å². The predicted octanol–water partition coefficient (Wildman–Crippen LogP) is 3.72. The average Bonchev–Trinajstić information content (AvgIpc) is 2.45. The largest absolute Gasteiger partial charge is 0.508 e. The molecule has 0 unspecified atom stereocenters. The van der Waals surface area contributed by atoms with E-state index in [1.807, 2.05) is 30.3 Å². The van der Waals surface area contributed by atoms with Crippen LogP contribution in [-0.2, 0) is 0 Å². The quantitative estimate of drug-likeness (QED) is 0.708. The standard InChI is InChI=1S/C16H14O3/c1-18-13-8-11-4-3-10-7-12(17)5-6-14(10)16(11)15(9-13)19-2/h3-9,17H,1-2H3. The Morgan fingerprint density at radius 2 is 1.63 bits per heavy atom. The number of fused-ring (bicyclic) bond motifs is 3. The highest BCUT2D eigenvalue weighted by atomic mass is 16.5. The second kappa shape index (κ2) is 4.35. The van der Waals surface area contributed by atoms with Crippen LogP contribution in [0.4, 0.5) is 0 Å². The maximum atomic E-state index is 9.56. The summed E-state index contributed by atoms with van der Waals surface area (Å²) in [4.78, 5) is 0. The third-order valence-electron chi connectivity index (χ3n) is 3.31. The van der Waals surface area contributed by atoms with E-state index in [1.54, 1.807) is 26.4 Å². The van der Waals surface area contributed by atoms with Crippen molar-refractivity contribution in [3.8, 4) is 17.2 Å². The number of phenolic OH excluding ortho intramolecular Hbond substituents is 1. The van der Waals surface area contributed by atoms with Gasteiger partial charge in [-0.2, -0.15) is 0 Å². The molecule has 0 amide bonds. The average molecular weight is 254 g/mol. The molecule has 0 aliphatic heterocycles. The van der Waals surface area contributed by atoms with Crippen LogP contribution in [0.15, 0.2) is 42.5 Å². The Kier molecular flexibility index (Phi) is 2.67. The lowest BCUT2D eigenvalue weighted by molar-refractivity contribution is 0.398. The number of methoxy groups -OCH3 is 2. The van der Waals surface area contributed by atoms with Crippen LogP contribution in [0.3, 0.4) is 0 Å². The van der Waals surface area contributed by atoms with Gasteiger partial charge >= 0.3 is 0 Å². The normalized spacial score (nSPS) is 10.8. The van der Waals surface area contributed by atoms with Gasteiger partial charge in [0, 0.05) is 11.5 Å². The number of aromatic hydroxyl groups is 1. The molecule has 0 atom stereocenters. The van der Waals surface area contributed by atoms with Gasteiger partial charge in [-0.3, -0.25) is 0 Å². The summed E-state index contributed by atoms with van der Waals surface area (Å²) in [6.45, 7) is 0. The summed E-state index contributed by atoms with van der Waals surface area (Å²) < 4.78 is 10.7. The lowest BCUT2D eigenvalue weighted by Crippen LogP contribution is -1.89. The van der Waals surface area contributed by atoms with Gasteiger partial charge in [0.1, 0.15) is 17.2 Å². The molecule has 1 N–H and O–H groups in total. The molecule has 0 saturated heterocycles. The van der Waals surface area contributed by atoms with Gasteiger partial charge in [-0.1, -0.05) is 12.1 Å². The first-order valence-corrected chi connectivity index (χ1v) is 6.00. The maximum Gasteiger partial charge on any atom is 0.131 e. The zero-order valence-corrected chi connectivity index (χ0v) is 10.8. The summed E-state index contributed by atoms with van der Waals surface area (Å²) in [5, 5.41) is 13.7. The minimum absolute atomic E-state index is 0.263. The van der Waals surface area contributed by atoms with E-state index in [9.17, 15) is 5.11 Å². The van der Waals surface area contributed by atoms with Crippen LogP contribution in [0.1, 0.15) is 0 Å². The summed E-state index contributed by atoms with van der Waals surface area (Å²) in [6, 6.07) is 13.2. The second-order valence-corrected chi connectivity index (χ2v) is 4.40. The van der Waals surface area contributed by atoms with E-state index in [4.69, 9.17) is 9.47 Å². The van der Waals surface area contributed by atoms with Gasteiger partial charge < -0.3 is 14.6 Å². The molecule has 0 aliphatic carbocycles. The van der Waals surface area contributed by atoms with E-state index in [0.717, 1.165) is 33.0 Å². The molecular formula is C16H14O3. The van der Waals surface area contributed by atoms with Crippen LogP contribution in [-0.4, -0.2) is 19.3 Å². The van der Waals surface area contributed by atoms with Crippen molar-refractivity contribution in [1.82, 2.24) is 0 Å². The minimum atomic E-state index is 0.263. The van der Waals surface area contributed by atoms with E-state index in [-0.39, 0.29) is 5.75 Å². The SMILES string of the molecule is COc1cc(OC)c2c(ccc3cc(O)ccc32)c1. The van der Waals surface area contributed by atoms with Crippen molar-refractivity contribution in [2.75, 3.05) is 14.2 Å². The third-order valence-corrected chi connectivity index (χ3v) is 3.31. The molecule has 0 heterocycles. The first kappa shape index (κ1) is 11.7. The Morgan fingerprint density at radius 3 is 2.37 bits per heavy atom. The summed E-state index contributed by atoms with van der Waals surface area (Å²) in [5.41, 5.74) is 0. The lowest BCUT2D eigenvalue weighted by Gasteiger charge is -2.11. The molecule has 0 fully saturated rings. The number of phenols is 1. The molecule has 0 bridgehead atoms. The molecule has 0 aromatic heterocycles. The fraction of sp³-hybridized carbons (Fsp3) is 0.125. The lowest BCUT2D eigenvalue weighted by atomic mass is 10.0. The summed E-state index contributed by atoms with van der Waals surface area (Å²) in [7, 11) is 3.28. The highest BCUT2D eigenvalue weighted by molar-refractivity contribution is 6.11. The van der Waals surface area contributed by atoms with Gasteiger partial charge in [0.15, 0.2) is 0 Å². The molecule has 3 aromatic carbocycles. The van der Waals surface area contributed by atoms with E-state index in [2.05, 4.69) is 0 Å². The minimum Gasteiger partial charge on any atom is -0.508 e. The molecule has 0 spiro atoms. The molecule has 0 aliphatic rings. The van der Waals surface area contributed by atoms with Gasteiger partial charge in [-0.15, -0.1) is 0 Å². The van der Waals surface area contributed by atoms with Crippen molar-refractivity contribution in [2.45, 2.75) is 0 Å². The fourth-order valence-corrected chi connectivity index (χ4v) is 2.40. The monoisotopic (exact) mass is 254 g/mol. The van der Waals surface area contributed by atoms with Gasteiger partial charge in [0.2, 0.25) is 0 Å². The summed E-state index contributed by atoms with van der Waals surface area (Å²) in [6.07, 6.45) is 0. The number of hydrogen-bond donors (Lipinski definition) is 1. The molecule has 96 valence electrons. The summed E-state index contributed by atoms with van der Waals surface area (Å²) >= 11 is 0. The van der Waals surface area contributed by atoms with Crippen molar-refractivity contribution < 1.29 is 14.6 Å². The maximum absolute atomic E-state index is 9.56. The van der Waals surface area contributed by atoms with E-state index >= 15 is 0 Å². The van der Waals surface area contributed by atoms with Crippen LogP contribution in [0, 0.1) is 0 Å². The van der Waals surface area contributed by atoms with Crippen molar-refractivity contribution in [3.05, 3.63) is 42.5 Å². The summed E-state index contributed by atoms with van der Waals surface area (Å²) in [5.74, 6) is 1.80. The van der Waals surface area contributed by atoms with Gasteiger partial charge in [0.05, 0.1) is 14.2 Å². The highest BCUT2D eigenvalue weighted by Crippen LogP contribution is 2.37. The Balaban J connectivity index is 2.46. The first-order valence-electron chi connectivity index (χ1n) is 6.00. The fourth-order valence-electron chi connectivity index (χ4n) is 2.40. The Hall–Kier alpha value is -2.42.